The van der Waals surface area contributed by atoms with Gasteiger partial charge in [-0.3, -0.25) is 14.3 Å². The van der Waals surface area contributed by atoms with Gasteiger partial charge in [-0.15, -0.1) is 0 Å². The van der Waals surface area contributed by atoms with Crippen molar-refractivity contribution in [2.45, 2.75) is 13.0 Å². The molecule has 0 aliphatic heterocycles. The van der Waals surface area contributed by atoms with Crippen LogP contribution in [0, 0.1) is 5.82 Å². The van der Waals surface area contributed by atoms with Crippen LogP contribution in [0.2, 0.25) is 0 Å². The SMILES string of the molecule is CC(C(=O)Nc1ccc(F)cc1N)n1cc(C(N)=O)cn1. The van der Waals surface area contributed by atoms with Crippen molar-refractivity contribution in [1.29, 1.82) is 0 Å². The van der Waals surface area contributed by atoms with Crippen LogP contribution in [0.1, 0.15) is 23.3 Å². The molecule has 0 aliphatic rings. The van der Waals surface area contributed by atoms with Crippen molar-refractivity contribution in [3.8, 4) is 0 Å². The molecule has 0 saturated heterocycles. The first-order chi connectivity index (χ1) is 9.88. The fourth-order valence-electron chi connectivity index (χ4n) is 1.68. The summed E-state index contributed by atoms with van der Waals surface area (Å²) < 4.78 is 14.2. The zero-order valence-corrected chi connectivity index (χ0v) is 11.2. The van der Waals surface area contributed by atoms with E-state index in [9.17, 15) is 14.0 Å². The molecule has 8 heteroatoms. The number of primary amides is 1. The maximum Gasteiger partial charge on any atom is 0.251 e. The van der Waals surface area contributed by atoms with Gasteiger partial charge in [-0.1, -0.05) is 0 Å². The lowest BCUT2D eigenvalue weighted by atomic mass is 10.2. The number of amides is 2. The van der Waals surface area contributed by atoms with E-state index in [0.717, 1.165) is 6.07 Å². The first-order valence-electron chi connectivity index (χ1n) is 6.08. The molecule has 0 fully saturated rings. The Bertz CT molecular complexity index is 698. The van der Waals surface area contributed by atoms with Gasteiger partial charge in [-0.2, -0.15) is 5.10 Å². The molecule has 1 atom stereocenters. The van der Waals surface area contributed by atoms with Crippen LogP contribution >= 0.6 is 0 Å². The van der Waals surface area contributed by atoms with Crippen molar-refractivity contribution in [3.05, 3.63) is 42.0 Å². The van der Waals surface area contributed by atoms with E-state index in [1.807, 2.05) is 0 Å². The molecule has 0 aliphatic carbocycles. The van der Waals surface area contributed by atoms with E-state index in [-0.39, 0.29) is 11.3 Å². The van der Waals surface area contributed by atoms with Gasteiger partial charge in [0.15, 0.2) is 0 Å². The number of nitrogens with two attached hydrogens (primary N) is 2. The number of halogens is 1. The Balaban J connectivity index is 2.13. The zero-order chi connectivity index (χ0) is 15.6. The predicted octanol–water partition coefficient (Wildman–Crippen LogP) is 0.903. The average Bonchev–Trinajstić information content (AvgIpc) is 2.90. The molecule has 0 saturated carbocycles. The van der Waals surface area contributed by atoms with E-state index in [4.69, 9.17) is 11.5 Å². The van der Waals surface area contributed by atoms with Gasteiger partial charge in [0.05, 0.1) is 23.1 Å². The molecule has 2 amide bonds. The van der Waals surface area contributed by atoms with Gasteiger partial charge in [0.25, 0.3) is 5.91 Å². The Kier molecular flexibility index (Phi) is 3.88. The number of rotatable bonds is 4. The van der Waals surface area contributed by atoms with Crippen molar-refractivity contribution < 1.29 is 14.0 Å². The van der Waals surface area contributed by atoms with Crippen LogP contribution in [0.5, 0.6) is 0 Å². The Morgan fingerprint density at radius 1 is 1.43 bits per heavy atom. The smallest absolute Gasteiger partial charge is 0.251 e. The van der Waals surface area contributed by atoms with Crippen molar-refractivity contribution in [2.24, 2.45) is 5.73 Å². The highest BCUT2D eigenvalue weighted by molar-refractivity contribution is 5.96. The van der Waals surface area contributed by atoms with Gasteiger partial charge < -0.3 is 16.8 Å². The van der Waals surface area contributed by atoms with Crippen LogP contribution < -0.4 is 16.8 Å². The summed E-state index contributed by atoms with van der Waals surface area (Å²) in [5, 5.41) is 6.47. The van der Waals surface area contributed by atoms with Crippen molar-refractivity contribution in [3.63, 3.8) is 0 Å². The van der Waals surface area contributed by atoms with Gasteiger partial charge in [0.1, 0.15) is 11.9 Å². The number of hydrogen-bond donors (Lipinski definition) is 3. The van der Waals surface area contributed by atoms with E-state index in [2.05, 4.69) is 10.4 Å². The van der Waals surface area contributed by atoms with E-state index in [0.29, 0.717) is 5.69 Å². The minimum Gasteiger partial charge on any atom is -0.397 e. The minimum atomic E-state index is -0.692. The first-order valence-corrected chi connectivity index (χ1v) is 6.08. The summed E-state index contributed by atoms with van der Waals surface area (Å²) in [6.07, 6.45) is 2.65. The number of carbonyl (C=O) groups excluding carboxylic acids is 2. The first kappa shape index (κ1) is 14.5. The molecular formula is C13H14FN5O2. The van der Waals surface area contributed by atoms with Crippen molar-refractivity contribution >= 4 is 23.2 Å². The summed E-state index contributed by atoms with van der Waals surface area (Å²) in [6, 6.07) is 2.98. The molecule has 1 aromatic heterocycles. The topological polar surface area (TPSA) is 116 Å². The third-order valence-electron chi connectivity index (χ3n) is 2.93. The fourth-order valence-corrected chi connectivity index (χ4v) is 1.68. The van der Waals surface area contributed by atoms with Crippen molar-refractivity contribution in [1.82, 2.24) is 9.78 Å². The summed E-state index contributed by atoms with van der Waals surface area (Å²) >= 11 is 0. The number of nitrogens with zero attached hydrogens (tertiary/aromatic N) is 2. The second kappa shape index (κ2) is 5.61. The molecule has 1 aromatic carbocycles. The molecule has 110 valence electrons. The van der Waals surface area contributed by atoms with E-state index >= 15 is 0 Å². The normalized spacial score (nSPS) is 11.9. The minimum absolute atomic E-state index is 0.119. The molecule has 21 heavy (non-hydrogen) atoms. The Hall–Kier alpha value is -2.90. The summed E-state index contributed by atoms with van der Waals surface area (Å²) in [5.41, 5.74) is 11.4. The number of nitrogens with one attached hydrogen (secondary N) is 1. The molecule has 1 unspecified atom stereocenters. The van der Waals surface area contributed by atoms with Crippen LogP contribution in [0.4, 0.5) is 15.8 Å². The van der Waals surface area contributed by atoms with Crippen LogP contribution in [0.15, 0.2) is 30.6 Å². The second-order valence-electron chi connectivity index (χ2n) is 4.47. The van der Waals surface area contributed by atoms with E-state index < -0.39 is 23.7 Å². The van der Waals surface area contributed by atoms with Crippen LogP contribution in [0.25, 0.3) is 0 Å². The Morgan fingerprint density at radius 2 is 2.14 bits per heavy atom. The highest BCUT2D eigenvalue weighted by Crippen LogP contribution is 2.20. The fraction of sp³-hybridized carbons (Fsp3) is 0.154. The molecular weight excluding hydrogens is 277 g/mol. The molecule has 0 spiro atoms. The monoisotopic (exact) mass is 291 g/mol. The highest BCUT2D eigenvalue weighted by Gasteiger charge is 2.18. The van der Waals surface area contributed by atoms with Crippen LogP contribution in [-0.4, -0.2) is 21.6 Å². The maximum atomic E-state index is 12.9. The van der Waals surface area contributed by atoms with E-state index in [1.54, 1.807) is 6.92 Å². The number of carbonyl (C=O) groups is 2. The largest absolute Gasteiger partial charge is 0.397 e. The lowest BCUT2D eigenvalue weighted by Gasteiger charge is -2.14. The lowest BCUT2D eigenvalue weighted by molar-refractivity contribution is -0.119. The van der Waals surface area contributed by atoms with E-state index in [1.165, 1.54) is 29.2 Å². The maximum absolute atomic E-state index is 12.9. The number of benzene rings is 1. The molecule has 5 N–H and O–H groups in total. The summed E-state index contributed by atoms with van der Waals surface area (Å²) in [5.74, 6) is -1.53. The average molecular weight is 291 g/mol. The second-order valence-corrected chi connectivity index (χ2v) is 4.47. The molecule has 0 radical (unpaired) electrons. The van der Waals surface area contributed by atoms with Gasteiger partial charge in [-0.05, 0) is 25.1 Å². The Morgan fingerprint density at radius 3 is 2.71 bits per heavy atom. The third-order valence-corrected chi connectivity index (χ3v) is 2.93. The van der Waals surface area contributed by atoms with Gasteiger partial charge in [0.2, 0.25) is 5.91 Å². The van der Waals surface area contributed by atoms with Crippen LogP contribution in [0.3, 0.4) is 0 Å². The third kappa shape index (κ3) is 3.16. The van der Waals surface area contributed by atoms with Gasteiger partial charge in [-0.25, -0.2) is 4.39 Å². The predicted molar refractivity (Wildman–Crippen MR) is 74.9 cm³/mol. The quantitative estimate of drug-likeness (QED) is 0.726. The summed E-state index contributed by atoms with van der Waals surface area (Å²) in [4.78, 5) is 23.1. The molecule has 0 bridgehead atoms. The lowest BCUT2D eigenvalue weighted by Crippen LogP contribution is -2.24. The zero-order valence-electron chi connectivity index (χ0n) is 11.2. The number of anilines is 2. The highest BCUT2D eigenvalue weighted by atomic mass is 19.1. The molecule has 1 heterocycles. The summed E-state index contributed by atoms with van der Waals surface area (Å²) in [7, 11) is 0. The number of nitrogen functional groups attached to an aromatic ring is 1. The summed E-state index contributed by atoms with van der Waals surface area (Å²) in [6.45, 7) is 1.59. The molecule has 7 nitrogen and oxygen atoms in total. The van der Waals surface area contributed by atoms with Gasteiger partial charge in [0, 0.05) is 6.20 Å². The van der Waals surface area contributed by atoms with Crippen LogP contribution in [-0.2, 0) is 4.79 Å². The standard InChI is InChI=1S/C13H14FN5O2/c1-7(19-6-8(5-17-19)12(16)20)13(21)18-11-3-2-9(14)4-10(11)15/h2-7H,15H2,1H3,(H2,16,20)(H,18,21). The Labute approximate surface area is 119 Å². The molecule has 2 rings (SSSR count). The number of aromatic nitrogens is 2. The van der Waals surface area contributed by atoms with Crippen molar-refractivity contribution in [2.75, 3.05) is 11.1 Å². The number of hydrogen-bond acceptors (Lipinski definition) is 4. The molecule has 2 aromatic rings. The van der Waals surface area contributed by atoms with Gasteiger partial charge >= 0.3 is 0 Å².